The minimum atomic E-state index is -0.300. The van der Waals surface area contributed by atoms with Gasteiger partial charge in [-0.3, -0.25) is 14.5 Å². The summed E-state index contributed by atoms with van der Waals surface area (Å²) in [5.41, 5.74) is 3.75. The van der Waals surface area contributed by atoms with Crippen LogP contribution < -0.4 is 15.0 Å². The van der Waals surface area contributed by atoms with Gasteiger partial charge in [0.1, 0.15) is 18.0 Å². The van der Waals surface area contributed by atoms with E-state index in [-0.39, 0.29) is 24.8 Å². The molecule has 3 aromatic rings. The Kier molecular flexibility index (Phi) is 6.49. The first-order valence-electron chi connectivity index (χ1n) is 10.8. The molecule has 0 bridgehead atoms. The number of carbonyl (C=O) groups is 2. The van der Waals surface area contributed by atoms with Crippen molar-refractivity contribution in [2.24, 2.45) is 4.99 Å². The van der Waals surface area contributed by atoms with Gasteiger partial charge < -0.3 is 10.1 Å². The second-order valence-electron chi connectivity index (χ2n) is 8.12. The largest absolute Gasteiger partial charge is 0.497 e. The zero-order valence-electron chi connectivity index (χ0n) is 18.9. The summed E-state index contributed by atoms with van der Waals surface area (Å²) in [6.45, 7) is 4.04. The number of fused-ring (bicyclic) bond motifs is 1. The number of nitrogens with one attached hydrogen (secondary N) is 1. The molecule has 7 heteroatoms. The van der Waals surface area contributed by atoms with Crippen LogP contribution >= 0.6 is 0 Å². The van der Waals surface area contributed by atoms with Crippen LogP contribution in [-0.2, 0) is 9.59 Å². The van der Waals surface area contributed by atoms with Gasteiger partial charge in [0.25, 0.3) is 0 Å². The van der Waals surface area contributed by atoms with Crippen molar-refractivity contribution in [3.8, 4) is 5.75 Å². The minimum absolute atomic E-state index is 0.0413. The Morgan fingerprint density at radius 2 is 1.94 bits per heavy atom. The molecule has 0 aliphatic carbocycles. The maximum atomic E-state index is 13.2. The van der Waals surface area contributed by atoms with Crippen LogP contribution in [-0.4, -0.2) is 36.2 Å². The van der Waals surface area contributed by atoms with Crippen LogP contribution in [0.3, 0.4) is 0 Å². The van der Waals surface area contributed by atoms with Crippen LogP contribution in [0.5, 0.6) is 5.75 Å². The smallest absolute Gasteiger partial charge is 0.244 e. The number of methoxy groups -OCH3 is 1. The molecule has 1 aromatic heterocycles. The predicted octanol–water partition coefficient (Wildman–Crippen LogP) is 4.71. The van der Waals surface area contributed by atoms with Crippen molar-refractivity contribution in [3.63, 3.8) is 0 Å². The molecule has 0 atom stereocenters. The highest BCUT2D eigenvalue weighted by Gasteiger charge is 2.28. The maximum absolute atomic E-state index is 13.2. The standard InChI is InChI=1S/C26H26N4O3/c1-17(2)18-7-4-9-20(13-18)28-24(31)16-30-25(32)15-23(19-8-5-10-21(14-19)33-3)29-22-11-6-12-27-26(22)30/h4-14,17H,15-16H2,1-3H3,(H,28,31). The summed E-state index contributed by atoms with van der Waals surface area (Å²) in [6.07, 6.45) is 1.63. The fraction of sp³-hybridized carbons (Fsp3) is 0.231. The number of amides is 2. The normalized spacial score (nSPS) is 13.3. The molecule has 2 heterocycles. The highest BCUT2D eigenvalue weighted by molar-refractivity contribution is 6.18. The molecule has 7 nitrogen and oxygen atoms in total. The van der Waals surface area contributed by atoms with Gasteiger partial charge in [0.05, 0.1) is 19.2 Å². The van der Waals surface area contributed by atoms with E-state index in [4.69, 9.17) is 9.73 Å². The topological polar surface area (TPSA) is 83.9 Å². The van der Waals surface area contributed by atoms with Gasteiger partial charge in [-0.05, 0) is 47.9 Å². The Labute approximate surface area is 193 Å². The van der Waals surface area contributed by atoms with Crippen LogP contribution in [0, 0.1) is 0 Å². The highest BCUT2D eigenvalue weighted by atomic mass is 16.5. The zero-order valence-corrected chi connectivity index (χ0v) is 18.9. The van der Waals surface area contributed by atoms with Gasteiger partial charge >= 0.3 is 0 Å². The summed E-state index contributed by atoms with van der Waals surface area (Å²) >= 11 is 0. The second kappa shape index (κ2) is 9.65. The van der Waals surface area contributed by atoms with Crippen LogP contribution in [0.15, 0.2) is 71.9 Å². The monoisotopic (exact) mass is 442 g/mol. The molecule has 4 rings (SSSR count). The molecule has 1 N–H and O–H groups in total. The maximum Gasteiger partial charge on any atom is 0.244 e. The molecule has 2 aromatic carbocycles. The van der Waals surface area contributed by atoms with Gasteiger partial charge in [-0.1, -0.05) is 38.1 Å². The number of hydrogen-bond acceptors (Lipinski definition) is 5. The van der Waals surface area contributed by atoms with E-state index in [1.165, 1.54) is 4.90 Å². The van der Waals surface area contributed by atoms with Crippen LogP contribution in [0.1, 0.15) is 37.3 Å². The first-order valence-corrected chi connectivity index (χ1v) is 10.8. The van der Waals surface area contributed by atoms with E-state index < -0.39 is 0 Å². The Balaban J connectivity index is 1.59. The molecule has 0 radical (unpaired) electrons. The number of rotatable bonds is 6. The summed E-state index contributed by atoms with van der Waals surface area (Å²) in [6, 6.07) is 18.7. The lowest BCUT2D eigenvalue weighted by atomic mass is 10.0. The SMILES string of the molecule is COc1cccc(C2=Nc3cccnc3N(CC(=O)Nc3cccc(C(C)C)c3)C(=O)C2)c1. The molecular weight excluding hydrogens is 416 g/mol. The van der Waals surface area contributed by atoms with Gasteiger partial charge in [0, 0.05) is 17.4 Å². The van der Waals surface area contributed by atoms with Crippen molar-refractivity contribution in [3.05, 3.63) is 78.0 Å². The van der Waals surface area contributed by atoms with Crippen LogP contribution in [0.2, 0.25) is 0 Å². The lowest BCUT2D eigenvalue weighted by Crippen LogP contribution is -2.39. The number of anilines is 2. The summed E-state index contributed by atoms with van der Waals surface area (Å²) in [7, 11) is 1.59. The lowest BCUT2D eigenvalue weighted by Gasteiger charge is -2.21. The Hall–Kier alpha value is -4.00. The third kappa shape index (κ3) is 5.09. The molecule has 33 heavy (non-hydrogen) atoms. The summed E-state index contributed by atoms with van der Waals surface area (Å²) in [5, 5.41) is 2.90. The van der Waals surface area contributed by atoms with Crippen molar-refractivity contribution >= 4 is 34.7 Å². The van der Waals surface area contributed by atoms with Crippen LogP contribution in [0.25, 0.3) is 0 Å². The third-order valence-electron chi connectivity index (χ3n) is 5.44. The fourth-order valence-corrected chi connectivity index (χ4v) is 3.68. The van der Waals surface area contributed by atoms with E-state index in [0.717, 1.165) is 11.1 Å². The first-order chi connectivity index (χ1) is 15.9. The number of aromatic nitrogens is 1. The minimum Gasteiger partial charge on any atom is -0.497 e. The van der Waals surface area contributed by atoms with Gasteiger partial charge in [0.15, 0.2) is 5.82 Å². The fourth-order valence-electron chi connectivity index (χ4n) is 3.68. The van der Waals surface area contributed by atoms with Crippen LogP contribution in [0.4, 0.5) is 17.2 Å². The van der Waals surface area contributed by atoms with Crippen molar-refractivity contribution in [1.29, 1.82) is 0 Å². The molecule has 2 amide bonds. The molecule has 0 saturated carbocycles. The van der Waals surface area contributed by atoms with E-state index in [9.17, 15) is 9.59 Å². The van der Waals surface area contributed by atoms with E-state index in [1.807, 2.05) is 48.5 Å². The molecule has 0 saturated heterocycles. The molecule has 1 aliphatic heterocycles. The van der Waals surface area contributed by atoms with Gasteiger partial charge in [0.2, 0.25) is 11.8 Å². The number of aliphatic imine (C=N–C) groups is 1. The number of ether oxygens (including phenoxy) is 1. The summed E-state index contributed by atoms with van der Waals surface area (Å²) < 4.78 is 5.31. The molecule has 0 fully saturated rings. The van der Waals surface area contributed by atoms with E-state index >= 15 is 0 Å². The van der Waals surface area contributed by atoms with Crippen molar-refractivity contribution in [2.75, 3.05) is 23.9 Å². The van der Waals surface area contributed by atoms with Crippen molar-refractivity contribution in [2.45, 2.75) is 26.2 Å². The first kappa shape index (κ1) is 22.2. The quantitative estimate of drug-likeness (QED) is 0.599. The van der Waals surface area contributed by atoms with E-state index in [0.29, 0.717) is 34.6 Å². The zero-order chi connectivity index (χ0) is 23.4. The lowest BCUT2D eigenvalue weighted by molar-refractivity contribution is -0.120. The molecule has 0 spiro atoms. The highest BCUT2D eigenvalue weighted by Crippen LogP contribution is 2.31. The molecule has 168 valence electrons. The number of carbonyl (C=O) groups excluding carboxylic acids is 2. The Morgan fingerprint density at radius 1 is 1.12 bits per heavy atom. The summed E-state index contributed by atoms with van der Waals surface area (Å²) in [5.74, 6) is 0.840. The second-order valence-corrected chi connectivity index (χ2v) is 8.12. The number of hydrogen-bond donors (Lipinski definition) is 1. The van der Waals surface area contributed by atoms with Crippen molar-refractivity contribution < 1.29 is 14.3 Å². The molecule has 0 unspecified atom stereocenters. The predicted molar refractivity (Wildman–Crippen MR) is 130 cm³/mol. The average Bonchev–Trinajstić information content (AvgIpc) is 2.96. The van der Waals surface area contributed by atoms with E-state index in [1.54, 1.807) is 25.4 Å². The number of pyridine rings is 1. The Bertz CT molecular complexity index is 1220. The van der Waals surface area contributed by atoms with E-state index in [2.05, 4.69) is 24.1 Å². The third-order valence-corrected chi connectivity index (χ3v) is 5.44. The molecular formula is C26H26N4O3. The average molecular weight is 443 g/mol. The summed E-state index contributed by atoms with van der Waals surface area (Å²) in [4.78, 5) is 36.6. The number of nitrogens with zero attached hydrogens (tertiary/aromatic N) is 3. The van der Waals surface area contributed by atoms with Crippen molar-refractivity contribution in [1.82, 2.24) is 4.98 Å². The van der Waals surface area contributed by atoms with Gasteiger partial charge in [-0.15, -0.1) is 0 Å². The Morgan fingerprint density at radius 3 is 2.73 bits per heavy atom. The molecule has 1 aliphatic rings. The van der Waals surface area contributed by atoms with Gasteiger partial charge in [-0.2, -0.15) is 0 Å². The number of benzene rings is 2. The van der Waals surface area contributed by atoms with Gasteiger partial charge in [-0.25, -0.2) is 9.98 Å².